The molecule has 2 heterocycles. The number of carbonyl (C=O) groups is 1. The number of fused-ring (bicyclic) bond motifs is 1. The largest absolute Gasteiger partial charge is 0.459 e. The van der Waals surface area contributed by atoms with Crippen molar-refractivity contribution in [1.82, 2.24) is 0 Å². The fraction of sp³-hybridized carbons (Fsp3) is 0.389. The van der Waals surface area contributed by atoms with Gasteiger partial charge in [-0.2, -0.15) is 26.3 Å². The molecule has 1 aromatic carbocycles. The number of hydrogen-bond acceptors (Lipinski definition) is 4. The van der Waals surface area contributed by atoms with Crippen molar-refractivity contribution < 1.29 is 40.7 Å². The van der Waals surface area contributed by atoms with Crippen LogP contribution in [0.1, 0.15) is 29.5 Å². The molecule has 0 saturated carbocycles. The van der Waals surface area contributed by atoms with E-state index in [1.54, 1.807) is 6.92 Å². The van der Waals surface area contributed by atoms with E-state index in [0.29, 0.717) is 18.6 Å². The van der Waals surface area contributed by atoms with Gasteiger partial charge in [-0.15, -0.1) is 11.8 Å². The molecule has 0 unspecified atom stereocenters. The smallest absolute Gasteiger partial charge is 0.430 e. The van der Waals surface area contributed by atoms with E-state index in [9.17, 15) is 36.2 Å². The maximum absolute atomic E-state index is 13.2. The van der Waals surface area contributed by atoms with Crippen LogP contribution in [0.5, 0.6) is 0 Å². The Labute approximate surface area is 165 Å². The van der Waals surface area contributed by atoms with Crippen LogP contribution in [0.15, 0.2) is 45.9 Å². The number of aliphatic hydroxyl groups is 1. The first-order valence-corrected chi connectivity index (χ1v) is 9.30. The molecule has 2 aromatic rings. The molecule has 3 rings (SSSR count). The Bertz CT molecular complexity index is 880. The summed E-state index contributed by atoms with van der Waals surface area (Å²) in [5.41, 5.74) is -6.23. The van der Waals surface area contributed by atoms with E-state index >= 15 is 0 Å². The monoisotopic (exact) mass is 439 g/mol. The SMILES string of the molecule is CC[C@H]1CN(C(=O)c2ccco2)c2ccc(C(O)(C(F)(F)F)C(F)(F)F)cc2S1. The molecule has 1 aromatic heterocycles. The Kier molecular flexibility index (Phi) is 5.41. The molecule has 158 valence electrons. The summed E-state index contributed by atoms with van der Waals surface area (Å²) in [6, 6.07) is 5.05. The first kappa shape index (κ1) is 21.6. The van der Waals surface area contributed by atoms with Crippen LogP contribution in [-0.2, 0) is 5.60 Å². The molecule has 4 nitrogen and oxygen atoms in total. The van der Waals surface area contributed by atoms with Crippen LogP contribution in [0, 0.1) is 0 Å². The topological polar surface area (TPSA) is 53.7 Å². The number of anilines is 1. The van der Waals surface area contributed by atoms with Crippen molar-refractivity contribution in [3.8, 4) is 0 Å². The number of nitrogens with zero attached hydrogens (tertiary/aromatic N) is 1. The summed E-state index contributed by atoms with van der Waals surface area (Å²) in [6.45, 7) is 1.99. The summed E-state index contributed by atoms with van der Waals surface area (Å²) in [6.07, 6.45) is -10.2. The molecule has 0 radical (unpaired) electrons. The van der Waals surface area contributed by atoms with Crippen LogP contribution >= 0.6 is 11.8 Å². The predicted octanol–water partition coefficient (Wildman–Crippen LogP) is 5.12. The van der Waals surface area contributed by atoms with Gasteiger partial charge in [-0.05, 0) is 30.7 Å². The number of rotatable bonds is 3. The molecule has 0 saturated heterocycles. The van der Waals surface area contributed by atoms with Gasteiger partial charge >= 0.3 is 12.4 Å². The van der Waals surface area contributed by atoms with Crippen molar-refractivity contribution in [1.29, 1.82) is 0 Å². The molecular weight excluding hydrogens is 424 g/mol. The first-order chi connectivity index (χ1) is 13.4. The van der Waals surface area contributed by atoms with Crippen molar-refractivity contribution in [2.45, 2.75) is 41.4 Å². The molecule has 1 N–H and O–H groups in total. The minimum atomic E-state index is -5.98. The highest BCUT2D eigenvalue weighted by atomic mass is 32.2. The number of thioether (sulfide) groups is 1. The number of furan rings is 1. The van der Waals surface area contributed by atoms with E-state index in [1.165, 1.54) is 23.3 Å². The van der Waals surface area contributed by atoms with E-state index in [-0.39, 0.29) is 28.1 Å². The van der Waals surface area contributed by atoms with Crippen LogP contribution in [0.2, 0.25) is 0 Å². The van der Waals surface area contributed by atoms with Crippen molar-refractivity contribution in [3.63, 3.8) is 0 Å². The lowest BCUT2D eigenvalue weighted by molar-refractivity contribution is -0.376. The second-order valence-electron chi connectivity index (χ2n) is 6.43. The Hall–Kier alpha value is -2.14. The third-order valence-electron chi connectivity index (χ3n) is 4.60. The standard InChI is InChI=1S/C18H15F6NO3S/c1-2-11-9-25(15(26)13-4-3-7-28-13)12-6-5-10(8-14(12)29-11)16(27,17(19,20)21)18(22,23)24/h3-8,11,27H,2,9H2,1H3/t11-/m0/s1. The molecule has 29 heavy (non-hydrogen) atoms. The second kappa shape index (κ2) is 7.28. The Morgan fingerprint density at radius 3 is 2.38 bits per heavy atom. The summed E-state index contributed by atoms with van der Waals surface area (Å²) < 4.78 is 84.3. The highest BCUT2D eigenvalue weighted by Gasteiger charge is 2.71. The molecule has 0 aliphatic carbocycles. The van der Waals surface area contributed by atoms with Gasteiger partial charge in [-0.3, -0.25) is 4.79 Å². The fourth-order valence-electron chi connectivity index (χ4n) is 3.00. The molecule has 1 amide bonds. The molecule has 1 aliphatic rings. The quantitative estimate of drug-likeness (QED) is 0.675. The van der Waals surface area contributed by atoms with Crippen molar-refractivity contribution >= 4 is 23.4 Å². The minimum Gasteiger partial charge on any atom is -0.459 e. The van der Waals surface area contributed by atoms with Crippen LogP contribution in [0.3, 0.4) is 0 Å². The summed E-state index contributed by atoms with van der Waals surface area (Å²) in [7, 11) is 0. The van der Waals surface area contributed by atoms with Gasteiger partial charge in [0, 0.05) is 22.3 Å². The molecule has 1 atom stereocenters. The lowest BCUT2D eigenvalue weighted by Gasteiger charge is -2.36. The third-order valence-corrected chi connectivity index (χ3v) is 6.00. The summed E-state index contributed by atoms with van der Waals surface area (Å²) in [5.74, 6) is -0.575. The van der Waals surface area contributed by atoms with Crippen molar-refractivity contribution in [2.24, 2.45) is 0 Å². The molecule has 0 fully saturated rings. The molecule has 1 aliphatic heterocycles. The summed E-state index contributed by atoms with van der Waals surface area (Å²) in [5, 5.41) is 9.39. The van der Waals surface area contributed by atoms with Crippen LogP contribution in [-0.4, -0.2) is 35.2 Å². The number of halogens is 6. The summed E-state index contributed by atoms with van der Waals surface area (Å²) >= 11 is 1.06. The van der Waals surface area contributed by atoms with Gasteiger partial charge in [0.2, 0.25) is 0 Å². The maximum Gasteiger partial charge on any atom is 0.430 e. The van der Waals surface area contributed by atoms with E-state index in [1.807, 2.05) is 0 Å². The van der Waals surface area contributed by atoms with Crippen LogP contribution < -0.4 is 4.90 Å². The van der Waals surface area contributed by atoms with Gasteiger partial charge in [-0.25, -0.2) is 0 Å². The third kappa shape index (κ3) is 3.61. The van der Waals surface area contributed by atoms with E-state index in [4.69, 9.17) is 4.42 Å². The zero-order valence-electron chi connectivity index (χ0n) is 14.8. The number of amides is 1. The van der Waals surface area contributed by atoms with Gasteiger partial charge in [-0.1, -0.05) is 13.0 Å². The lowest BCUT2D eigenvalue weighted by atomic mass is 9.92. The number of hydrogen-bond donors (Lipinski definition) is 1. The second-order valence-corrected chi connectivity index (χ2v) is 7.77. The zero-order valence-corrected chi connectivity index (χ0v) is 15.7. The average molecular weight is 439 g/mol. The zero-order chi connectivity index (χ0) is 21.6. The molecule has 11 heteroatoms. The van der Waals surface area contributed by atoms with Gasteiger partial charge < -0.3 is 14.4 Å². The molecular formula is C18H15F6NO3S. The average Bonchev–Trinajstić information content (AvgIpc) is 3.18. The number of carbonyl (C=O) groups excluding carboxylic acids is 1. The normalized spacial score (nSPS) is 17.9. The van der Waals surface area contributed by atoms with Crippen LogP contribution in [0.25, 0.3) is 0 Å². The minimum absolute atomic E-state index is 0.0103. The highest BCUT2D eigenvalue weighted by molar-refractivity contribution is 8.00. The Balaban J connectivity index is 2.11. The van der Waals surface area contributed by atoms with Gasteiger partial charge in [0.25, 0.3) is 11.5 Å². The van der Waals surface area contributed by atoms with E-state index in [0.717, 1.165) is 17.8 Å². The maximum atomic E-state index is 13.2. The lowest BCUT2D eigenvalue weighted by Crippen LogP contribution is -2.54. The Morgan fingerprint density at radius 2 is 1.86 bits per heavy atom. The fourth-order valence-corrected chi connectivity index (χ4v) is 4.24. The van der Waals surface area contributed by atoms with Gasteiger partial charge in [0.05, 0.1) is 12.0 Å². The van der Waals surface area contributed by atoms with E-state index < -0.39 is 29.4 Å². The molecule has 0 spiro atoms. The Morgan fingerprint density at radius 1 is 1.21 bits per heavy atom. The van der Waals surface area contributed by atoms with Crippen molar-refractivity contribution in [3.05, 3.63) is 47.9 Å². The number of benzene rings is 1. The van der Waals surface area contributed by atoms with Gasteiger partial charge in [0.1, 0.15) is 0 Å². The number of alkyl halides is 6. The predicted molar refractivity (Wildman–Crippen MR) is 92.8 cm³/mol. The van der Waals surface area contributed by atoms with Crippen LogP contribution in [0.4, 0.5) is 32.0 Å². The van der Waals surface area contributed by atoms with Gasteiger partial charge in [0.15, 0.2) is 5.76 Å². The first-order valence-electron chi connectivity index (χ1n) is 8.42. The molecule has 0 bridgehead atoms. The summed E-state index contributed by atoms with van der Waals surface area (Å²) in [4.78, 5) is 14.0. The van der Waals surface area contributed by atoms with Crippen molar-refractivity contribution in [2.75, 3.05) is 11.4 Å². The highest BCUT2D eigenvalue weighted by Crippen LogP contribution is 2.52. The van der Waals surface area contributed by atoms with E-state index in [2.05, 4.69) is 0 Å².